The molecule has 0 spiro atoms. The third-order valence-corrected chi connectivity index (χ3v) is 5.92. The highest BCUT2D eigenvalue weighted by Gasteiger charge is 2.45. The van der Waals surface area contributed by atoms with E-state index in [2.05, 4.69) is 0 Å². The number of hydrogen-bond donors (Lipinski definition) is 8. The van der Waals surface area contributed by atoms with Crippen LogP contribution in [0.1, 0.15) is 22.8 Å². The van der Waals surface area contributed by atoms with E-state index in [1.807, 2.05) is 0 Å². The summed E-state index contributed by atoms with van der Waals surface area (Å²) < 4.78 is 11.1. The van der Waals surface area contributed by atoms with Crippen molar-refractivity contribution in [2.75, 3.05) is 6.61 Å². The van der Waals surface area contributed by atoms with Gasteiger partial charge in [0.2, 0.25) is 6.29 Å². The molecule has 0 radical (unpaired) electrons. The SMILES string of the molecule is C[C@@H](C(=O)O)[C@H](O)Cc1c(C(=O)O)c(O)c2ccccc2c1O[C@H]1O[C@H](CO)[C@H](O)[C@@H](O)[C@H]1O. The Morgan fingerprint density at radius 1 is 1.06 bits per heavy atom. The summed E-state index contributed by atoms with van der Waals surface area (Å²) in [6.07, 6.45) is -10.4. The molecule has 1 heterocycles. The van der Waals surface area contributed by atoms with Crippen molar-refractivity contribution in [3.8, 4) is 11.5 Å². The van der Waals surface area contributed by atoms with E-state index >= 15 is 0 Å². The minimum atomic E-state index is -1.82. The van der Waals surface area contributed by atoms with E-state index in [0.717, 1.165) is 0 Å². The van der Waals surface area contributed by atoms with Gasteiger partial charge in [-0.1, -0.05) is 24.3 Å². The van der Waals surface area contributed by atoms with Crippen LogP contribution < -0.4 is 4.74 Å². The maximum atomic E-state index is 12.1. The summed E-state index contributed by atoms with van der Waals surface area (Å²) in [6.45, 7) is 0.482. The highest BCUT2D eigenvalue weighted by molar-refractivity contribution is 6.05. The van der Waals surface area contributed by atoms with E-state index in [9.17, 15) is 50.4 Å². The topological polar surface area (TPSA) is 214 Å². The van der Waals surface area contributed by atoms with Gasteiger partial charge in [-0.2, -0.15) is 0 Å². The Balaban J connectivity index is 2.19. The first-order valence-electron chi connectivity index (χ1n) is 10.4. The summed E-state index contributed by atoms with van der Waals surface area (Å²) in [5.41, 5.74) is -0.934. The predicted molar refractivity (Wildman–Crippen MR) is 113 cm³/mol. The van der Waals surface area contributed by atoms with Crippen molar-refractivity contribution in [2.45, 2.75) is 50.2 Å². The molecule has 0 bridgehead atoms. The predicted octanol–water partition coefficient (Wildman–Crippen LogP) is -0.954. The van der Waals surface area contributed by atoms with Gasteiger partial charge in [-0.3, -0.25) is 4.79 Å². The summed E-state index contributed by atoms with van der Waals surface area (Å²) in [4.78, 5) is 23.4. The van der Waals surface area contributed by atoms with Crippen LogP contribution in [0.25, 0.3) is 10.8 Å². The van der Waals surface area contributed by atoms with E-state index in [0.29, 0.717) is 0 Å². The fourth-order valence-corrected chi connectivity index (χ4v) is 3.83. The van der Waals surface area contributed by atoms with Gasteiger partial charge < -0.3 is 50.3 Å². The Morgan fingerprint density at radius 2 is 1.68 bits per heavy atom. The minimum Gasteiger partial charge on any atom is -0.506 e. The lowest BCUT2D eigenvalue weighted by Gasteiger charge is -2.40. The molecule has 12 nitrogen and oxygen atoms in total. The smallest absolute Gasteiger partial charge is 0.339 e. The number of carboxylic acid groups (broad SMARTS) is 2. The van der Waals surface area contributed by atoms with Gasteiger partial charge in [0.25, 0.3) is 0 Å². The van der Waals surface area contributed by atoms with Gasteiger partial charge in [0.15, 0.2) is 0 Å². The average Bonchev–Trinajstić information content (AvgIpc) is 2.80. The number of benzene rings is 2. The van der Waals surface area contributed by atoms with Crippen molar-refractivity contribution in [3.05, 3.63) is 35.4 Å². The zero-order valence-corrected chi connectivity index (χ0v) is 18.0. The lowest BCUT2D eigenvalue weighted by molar-refractivity contribution is -0.277. The number of ether oxygens (including phenoxy) is 2. The Kier molecular flexibility index (Phi) is 7.60. The van der Waals surface area contributed by atoms with Crippen LogP contribution >= 0.6 is 0 Å². The van der Waals surface area contributed by atoms with Crippen LogP contribution in [-0.4, -0.2) is 96.2 Å². The second kappa shape index (κ2) is 10.1. The van der Waals surface area contributed by atoms with Crippen LogP contribution in [0.2, 0.25) is 0 Å². The van der Waals surface area contributed by atoms with Gasteiger partial charge in [0, 0.05) is 22.8 Å². The van der Waals surface area contributed by atoms with Crippen molar-refractivity contribution in [1.82, 2.24) is 0 Å². The quantitative estimate of drug-likeness (QED) is 0.228. The fourth-order valence-electron chi connectivity index (χ4n) is 3.83. The first-order valence-corrected chi connectivity index (χ1v) is 10.4. The van der Waals surface area contributed by atoms with Gasteiger partial charge in [-0.05, 0) is 6.92 Å². The molecule has 0 unspecified atom stereocenters. The molecular weight excluding hydrogens is 456 g/mol. The number of aromatic hydroxyl groups is 1. The first kappa shape index (κ1) is 25.6. The Labute approximate surface area is 192 Å². The molecule has 0 saturated carbocycles. The molecule has 2 aromatic carbocycles. The molecule has 2 aromatic rings. The second-order valence-corrected chi connectivity index (χ2v) is 8.10. The second-order valence-electron chi connectivity index (χ2n) is 8.10. The van der Waals surface area contributed by atoms with Crippen LogP contribution in [0.5, 0.6) is 11.5 Å². The monoisotopic (exact) mass is 482 g/mol. The lowest BCUT2D eigenvalue weighted by atomic mass is 9.90. The number of fused-ring (bicyclic) bond motifs is 1. The maximum Gasteiger partial charge on any atom is 0.339 e. The fraction of sp³-hybridized carbons (Fsp3) is 0.455. The number of carbonyl (C=O) groups is 2. The molecule has 34 heavy (non-hydrogen) atoms. The van der Waals surface area contributed by atoms with E-state index < -0.39 is 79.0 Å². The van der Waals surface area contributed by atoms with Gasteiger partial charge in [0.05, 0.1) is 18.6 Å². The van der Waals surface area contributed by atoms with E-state index in [1.54, 1.807) is 6.07 Å². The third kappa shape index (κ3) is 4.64. The van der Waals surface area contributed by atoms with E-state index in [1.165, 1.54) is 25.1 Å². The number of aromatic carboxylic acids is 1. The number of carboxylic acids is 2. The zero-order valence-electron chi connectivity index (χ0n) is 18.0. The first-order chi connectivity index (χ1) is 16.0. The van der Waals surface area contributed by atoms with Gasteiger partial charge in [0.1, 0.15) is 41.5 Å². The lowest BCUT2D eigenvalue weighted by Crippen LogP contribution is -2.60. The number of aliphatic hydroxyl groups is 5. The van der Waals surface area contributed by atoms with Gasteiger partial charge in [-0.25, -0.2) is 4.79 Å². The molecule has 186 valence electrons. The summed E-state index contributed by atoms with van der Waals surface area (Å²) in [6, 6.07) is 5.92. The normalized spacial score (nSPS) is 26.7. The van der Waals surface area contributed by atoms with Crippen molar-refractivity contribution >= 4 is 22.7 Å². The summed E-state index contributed by atoms with van der Waals surface area (Å²) in [5, 5.41) is 80.3. The molecule has 1 fully saturated rings. The largest absolute Gasteiger partial charge is 0.506 e. The molecule has 1 aliphatic heterocycles. The van der Waals surface area contributed by atoms with Crippen LogP contribution in [0.4, 0.5) is 0 Å². The molecule has 12 heteroatoms. The number of phenols is 1. The summed E-state index contributed by atoms with van der Waals surface area (Å²) >= 11 is 0. The van der Waals surface area contributed by atoms with Gasteiger partial charge >= 0.3 is 11.9 Å². The summed E-state index contributed by atoms with van der Waals surface area (Å²) in [5.74, 6) is -5.14. The molecule has 7 atom stereocenters. The molecule has 3 rings (SSSR count). The third-order valence-electron chi connectivity index (χ3n) is 5.92. The summed E-state index contributed by atoms with van der Waals surface area (Å²) in [7, 11) is 0. The van der Waals surface area contributed by atoms with Crippen LogP contribution in [0.15, 0.2) is 24.3 Å². The average molecular weight is 482 g/mol. The van der Waals surface area contributed by atoms with Crippen molar-refractivity contribution in [3.63, 3.8) is 0 Å². The van der Waals surface area contributed by atoms with Crippen LogP contribution in [0, 0.1) is 5.92 Å². The number of hydrogen-bond acceptors (Lipinski definition) is 10. The van der Waals surface area contributed by atoms with E-state index in [4.69, 9.17) is 9.47 Å². The molecule has 0 aromatic heterocycles. The Bertz CT molecular complexity index is 1070. The molecule has 1 saturated heterocycles. The molecular formula is C22H26O12. The Morgan fingerprint density at radius 3 is 2.24 bits per heavy atom. The highest BCUT2D eigenvalue weighted by atomic mass is 16.7. The number of aliphatic carboxylic acids is 1. The highest BCUT2D eigenvalue weighted by Crippen LogP contribution is 2.42. The molecule has 8 N–H and O–H groups in total. The molecule has 1 aliphatic rings. The Hall–Kier alpha value is -3.00. The van der Waals surface area contributed by atoms with E-state index in [-0.39, 0.29) is 22.1 Å². The maximum absolute atomic E-state index is 12.1. The standard InChI is InChI=1S/C22H26O12/c1-8(20(29)30)12(24)6-11-14(21(31)32)15(25)9-4-2-3-5-10(9)19(11)34-22-18(28)17(27)16(26)13(7-23)33-22/h2-5,8,12-13,16-18,22-28H,6-7H2,1H3,(H,29,30)(H,31,32)/t8-,12-,13-,16+,17-,18-,22-/m1/s1. The van der Waals surface area contributed by atoms with Crippen molar-refractivity contribution < 1.29 is 59.9 Å². The number of rotatable bonds is 8. The molecule has 0 amide bonds. The van der Waals surface area contributed by atoms with Gasteiger partial charge in [-0.15, -0.1) is 0 Å². The van der Waals surface area contributed by atoms with Crippen LogP contribution in [-0.2, 0) is 16.0 Å². The minimum absolute atomic E-state index is 0.0454. The van der Waals surface area contributed by atoms with Crippen LogP contribution in [0.3, 0.4) is 0 Å². The number of aliphatic hydroxyl groups excluding tert-OH is 5. The molecule has 0 aliphatic carbocycles. The van der Waals surface area contributed by atoms with Crippen molar-refractivity contribution in [2.24, 2.45) is 5.92 Å². The van der Waals surface area contributed by atoms with Crippen molar-refractivity contribution in [1.29, 1.82) is 0 Å². The zero-order chi connectivity index (χ0) is 25.3.